The summed E-state index contributed by atoms with van der Waals surface area (Å²) >= 11 is 0. The summed E-state index contributed by atoms with van der Waals surface area (Å²) in [6.07, 6.45) is 4.21. The summed E-state index contributed by atoms with van der Waals surface area (Å²) < 4.78 is 0. The van der Waals surface area contributed by atoms with Crippen LogP contribution in [0.2, 0.25) is 0 Å². The Bertz CT molecular complexity index is 418. The summed E-state index contributed by atoms with van der Waals surface area (Å²) in [5.74, 6) is 2.01. The van der Waals surface area contributed by atoms with Crippen LogP contribution in [0.15, 0.2) is 4.99 Å². The molecule has 2 rings (SSSR count). The first-order chi connectivity index (χ1) is 11.6. The van der Waals surface area contributed by atoms with E-state index in [1.54, 1.807) is 0 Å². The van der Waals surface area contributed by atoms with Gasteiger partial charge in [-0.1, -0.05) is 13.8 Å². The number of aliphatic imine (C=N–C) groups is 1. The molecule has 6 nitrogen and oxygen atoms in total. The Labute approximate surface area is 147 Å². The van der Waals surface area contributed by atoms with Crippen molar-refractivity contribution in [3.05, 3.63) is 0 Å². The van der Waals surface area contributed by atoms with Gasteiger partial charge in [0.1, 0.15) is 0 Å². The van der Waals surface area contributed by atoms with E-state index in [0.29, 0.717) is 12.5 Å². The number of carbonyl (C=O) groups is 1. The maximum absolute atomic E-state index is 11.8. The zero-order chi connectivity index (χ0) is 17.4. The predicted octanol–water partition coefficient (Wildman–Crippen LogP) is 1.28. The molecule has 0 spiro atoms. The van der Waals surface area contributed by atoms with Crippen molar-refractivity contribution in [1.29, 1.82) is 0 Å². The summed E-state index contributed by atoms with van der Waals surface area (Å²) in [4.78, 5) is 21.0. The molecule has 0 aromatic heterocycles. The van der Waals surface area contributed by atoms with Crippen molar-refractivity contribution in [3.8, 4) is 0 Å². The molecule has 24 heavy (non-hydrogen) atoms. The second kappa shape index (κ2) is 9.87. The molecular formula is C18H35N5O. The SMILES string of the molecule is CCNC(=NCCN1CCC(C)CC1)NC1CCN(C(=O)CC)C1. The van der Waals surface area contributed by atoms with Crippen LogP contribution in [0.25, 0.3) is 0 Å². The quantitative estimate of drug-likeness (QED) is 0.566. The molecule has 1 atom stereocenters. The van der Waals surface area contributed by atoms with E-state index in [2.05, 4.69) is 29.4 Å². The van der Waals surface area contributed by atoms with E-state index in [4.69, 9.17) is 4.99 Å². The van der Waals surface area contributed by atoms with Crippen LogP contribution in [-0.4, -0.2) is 73.5 Å². The van der Waals surface area contributed by atoms with Crippen molar-refractivity contribution >= 4 is 11.9 Å². The summed E-state index contributed by atoms with van der Waals surface area (Å²) in [5, 5.41) is 6.83. The van der Waals surface area contributed by atoms with Gasteiger partial charge in [-0.25, -0.2) is 0 Å². The smallest absolute Gasteiger partial charge is 0.222 e. The van der Waals surface area contributed by atoms with E-state index >= 15 is 0 Å². The number of hydrogen-bond acceptors (Lipinski definition) is 3. The minimum Gasteiger partial charge on any atom is -0.357 e. The lowest BCUT2D eigenvalue weighted by Gasteiger charge is -2.29. The molecule has 2 N–H and O–H groups in total. The van der Waals surface area contributed by atoms with Crippen LogP contribution >= 0.6 is 0 Å². The molecular weight excluding hydrogens is 302 g/mol. The molecule has 0 saturated carbocycles. The molecule has 2 aliphatic heterocycles. The molecule has 138 valence electrons. The molecule has 2 saturated heterocycles. The Balaban J connectivity index is 1.75. The highest BCUT2D eigenvalue weighted by molar-refractivity contribution is 5.80. The number of amides is 1. The number of nitrogens with one attached hydrogen (secondary N) is 2. The van der Waals surface area contributed by atoms with Gasteiger partial charge in [-0.15, -0.1) is 0 Å². The molecule has 0 aliphatic carbocycles. The van der Waals surface area contributed by atoms with E-state index in [1.165, 1.54) is 25.9 Å². The Hall–Kier alpha value is -1.30. The third-order valence-corrected chi connectivity index (χ3v) is 5.09. The van der Waals surface area contributed by atoms with Crippen molar-refractivity contribution in [1.82, 2.24) is 20.4 Å². The zero-order valence-corrected chi connectivity index (χ0v) is 15.7. The molecule has 1 amide bonds. The van der Waals surface area contributed by atoms with Gasteiger partial charge in [-0.05, 0) is 45.2 Å². The maximum Gasteiger partial charge on any atom is 0.222 e. The standard InChI is InChI=1S/C18H35N5O/c1-4-17(24)23-12-8-16(14-23)21-18(19-5-2)20-9-13-22-10-6-15(3)7-11-22/h15-16H,4-14H2,1-3H3,(H2,19,20,21). The van der Waals surface area contributed by atoms with Gasteiger partial charge in [-0.2, -0.15) is 0 Å². The fourth-order valence-electron chi connectivity index (χ4n) is 3.43. The minimum absolute atomic E-state index is 0.251. The van der Waals surface area contributed by atoms with Crippen LogP contribution in [0.1, 0.15) is 46.5 Å². The Morgan fingerprint density at radius 1 is 1.17 bits per heavy atom. The molecule has 0 aromatic carbocycles. The molecule has 2 aliphatic rings. The lowest BCUT2D eigenvalue weighted by Crippen LogP contribution is -2.45. The predicted molar refractivity (Wildman–Crippen MR) is 99.2 cm³/mol. The number of hydrogen-bond donors (Lipinski definition) is 2. The van der Waals surface area contributed by atoms with E-state index in [0.717, 1.165) is 51.0 Å². The van der Waals surface area contributed by atoms with E-state index < -0.39 is 0 Å². The first-order valence-corrected chi connectivity index (χ1v) is 9.67. The van der Waals surface area contributed by atoms with Crippen molar-refractivity contribution < 1.29 is 4.79 Å². The third kappa shape index (κ3) is 5.96. The number of carbonyl (C=O) groups excluding carboxylic acids is 1. The first-order valence-electron chi connectivity index (χ1n) is 9.67. The zero-order valence-electron chi connectivity index (χ0n) is 15.7. The molecule has 1 unspecified atom stereocenters. The van der Waals surface area contributed by atoms with Gasteiger partial charge < -0.3 is 20.4 Å². The molecule has 2 heterocycles. The summed E-state index contributed by atoms with van der Waals surface area (Å²) in [6.45, 7) is 13.1. The highest BCUT2D eigenvalue weighted by Gasteiger charge is 2.25. The number of likely N-dealkylation sites (tertiary alicyclic amines) is 2. The fourth-order valence-corrected chi connectivity index (χ4v) is 3.43. The number of piperidine rings is 1. The van der Waals surface area contributed by atoms with Gasteiger partial charge in [0.25, 0.3) is 0 Å². The second-order valence-corrected chi connectivity index (χ2v) is 7.11. The summed E-state index contributed by atoms with van der Waals surface area (Å²) in [7, 11) is 0. The van der Waals surface area contributed by atoms with Crippen molar-refractivity contribution in [2.24, 2.45) is 10.9 Å². The molecule has 2 fully saturated rings. The summed E-state index contributed by atoms with van der Waals surface area (Å²) in [5.41, 5.74) is 0. The molecule has 0 aromatic rings. The van der Waals surface area contributed by atoms with Gasteiger partial charge >= 0.3 is 0 Å². The van der Waals surface area contributed by atoms with Gasteiger partial charge in [0.15, 0.2) is 5.96 Å². The third-order valence-electron chi connectivity index (χ3n) is 5.09. The Kier molecular flexibility index (Phi) is 7.82. The van der Waals surface area contributed by atoms with Crippen LogP contribution in [0.5, 0.6) is 0 Å². The van der Waals surface area contributed by atoms with Crippen LogP contribution in [0, 0.1) is 5.92 Å². The largest absolute Gasteiger partial charge is 0.357 e. The van der Waals surface area contributed by atoms with Crippen molar-refractivity contribution in [2.75, 3.05) is 45.8 Å². The average molecular weight is 338 g/mol. The van der Waals surface area contributed by atoms with Crippen LogP contribution in [-0.2, 0) is 4.79 Å². The van der Waals surface area contributed by atoms with Gasteiger partial charge in [0, 0.05) is 38.6 Å². The molecule has 0 radical (unpaired) electrons. The number of rotatable bonds is 6. The van der Waals surface area contributed by atoms with E-state index in [1.807, 2.05) is 11.8 Å². The molecule has 0 bridgehead atoms. The van der Waals surface area contributed by atoms with Gasteiger partial charge in [0.2, 0.25) is 5.91 Å². The van der Waals surface area contributed by atoms with Gasteiger partial charge in [-0.3, -0.25) is 9.79 Å². The highest BCUT2D eigenvalue weighted by Crippen LogP contribution is 2.15. The normalized spacial score (nSPS) is 23.5. The lowest BCUT2D eigenvalue weighted by atomic mass is 9.99. The van der Waals surface area contributed by atoms with Crippen LogP contribution in [0.3, 0.4) is 0 Å². The first kappa shape index (κ1) is 19.0. The van der Waals surface area contributed by atoms with Crippen LogP contribution in [0.4, 0.5) is 0 Å². The topological polar surface area (TPSA) is 60.0 Å². The van der Waals surface area contributed by atoms with Crippen molar-refractivity contribution in [3.63, 3.8) is 0 Å². The Morgan fingerprint density at radius 2 is 1.92 bits per heavy atom. The summed E-state index contributed by atoms with van der Waals surface area (Å²) in [6, 6.07) is 0.314. The number of guanidine groups is 1. The fraction of sp³-hybridized carbons (Fsp3) is 0.889. The number of nitrogens with zero attached hydrogens (tertiary/aromatic N) is 3. The monoisotopic (exact) mass is 337 g/mol. The van der Waals surface area contributed by atoms with E-state index in [-0.39, 0.29) is 5.91 Å². The average Bonchev–Trinajstić information content (AvgIpc) is 3.04. The highest BCUT2D eigenvalue weighted by atomic mass is 16.2. The van der Waals surface area contributed by atoms with Crippen molar-refractivity contribution in [2.45, 2.75) is 52.5 Å². The second-order valence-electron chi connectivity index (χ2n) is 7.11. The van der Waals surface area contributed by atoms with Gasteiger partial charge in [0.05, 0.1) is 6.54 Å². The maximum atomic E-state index is 11.8. The van der Waals surface area contributed by atoms with E-state index in [9.17, 15) is 4.79 Å². The molecule has 6 heteroatoms. The minimum atomic E-state index is 0.251. The lowest BCUT2D eigenvalue weighted by molar-refractivity contribution is -0.129. The van der Waals surface area contributed by atoms with Crippen LogP contribution < -0.4 is 10.6 Å². The Morgan fingerprint density at radius 3 is 2.58 bits per heavy atom.